The third-order valence-corrected chi connectivity index (χ3v) is 14.3. The summed E-state index contributed by atoms with van der Waals surface area (Å²) in [6.45, 7) is 0. The van der Waals surface area contributed by atoms with Gasteiger partial charge < -0.3 is 9.13 Å². The molecule has 0 saturated carbocycles. The Morgan fingerprint density at radius 2 is 0.764 bits per heavy atom. The number of hydrogen-bond acceptors (Lipinski definition) is 4. The minimum atomic E-state index is 0.674. The number of rotatable bonds is 8. The molecule has 6 nitrogen and oxygen atoms in total. The third-order valence-electron chi connectivity index (χ3n) is 14.3. The van der Waals surface area contributed by atoms with Gasteiger partial charge in [0.2, 0.25) is 0 Å². The van der Waals surface area contributed by atoms with E-state index < -0.39 is 0 Å². The highest BCUT2D eigenvalue weighted by molar-refractivity contribution is 6.29. The molecule has 0 radical (unpaired) electrons. The quantitative estimate of drug-likeness (QED) is 0.152. The highest BCUT2D eigenvalue weighted by Gasteiger charge is 2.24. The van der Waals surface area contributed by atoms with E-state index in [1.165, 1.54) is 65.6 Å². The van der Waals surface area contributed by atoms with Crippen LogP contribution in [0.1, 0.15) is 18.7 Å². The number of nitrogens with zero attached hydrogens (tertiary/aromatic N) is 6. The minimum absolute atomic E-state index is 0.674. The average molecular weight is 921 g/mol. The van der Waals surface area contributed by atoms with Crippen LogP contribution in [0.2, 0.25) is 0 Å². The normalized spacial score (nSPS) is 12.8. The number of pyridine rings is 1. The monoisotopic (exact) mass is 920 g/mol. The number of fused-ring (bicyclic) bond motifs is 8. The summed E-state index contributed by atoms with van der Waals surface area (Å²) in [5.74, 6) is 2.06. The van der Waals surface area contributed by atoms with Crippen LogP contribution in [0.15, 0.2) is 243 Å². The van der Waals surface area contributed by atoms with Gasteiger partial charge in [-0.15, -0.1) is 0 Å². The first-order valence-corrected chi connectivity index (χ1v) is 24.6. The predicted octanol–water partition coefficient (Wildman–Crippen LogP) is 16.7. The number of benzene rings is 9. The van der Waals surface area contributed by atoms with Crippen molar-refractivity contribution in [3.63, 3.8) is 0 Å². The summed E-state index contributed by atoms with van der Waals surface area (Å²) in [4.78, 5) is 20.3. The standard InChI is InChI=1S/C66H44N6/c1-5-19-43(20-6-1)55-41-48(42-56(67-55)44-21-7-2-8-22-44)50-37-38-59(52-28-14-13-27-51(50)52)72-58-32-18-16-30-54(58)63-61(72)40-39-60-62(63)53-29-15-17-31-57(53)71(60)49-35-33-47(34-36-49)66-69-64(45-23-9-3-10-24-45)68-65(70-66)46-25-11-4-12-26-46/h1-33,35,37-42H,34,36H2. The summed E-state index contributed by atoms with van der Waals surface area (Å²) in [5, 5.41) is 7.33. The molecule has 4 aromatic heterocycles. The fourth-order valence-electron chi connectivity index (χ4n) is 11.0. The molecule has 72 heavy (non-hydrogen) atoms. The summed E-state index contributed by atoms with van der Waals surface area (Å²) < 4.78 is 4.96. The number of aromatic nitrogens is 6. The Morgan fingerprint density at radius 3 is 1.31 bits per heavy atom. The van der Waals surface area contributed by atoms with E-state index in [0.717, 1.165) is 63.3 Å². The Balaban J connectivity index is 0.924. The zero-order chi connectivity index (χ0) is 47.5. The zero-order valence-electron chi connectivity index (χ0n) is 39.2. The van der Waals surface area contributed by atoms with E-state index in [9.17, 15) is 0 Å². The molecule has 1 aliphatic carbocycles. The molecule has 1 aliphatic rings. The lowest BCUT2D eigenvalue weighted by Gasteiger charge is -2.18. The van der Waals surface area contributed by atoms with Crippen molar-refractivity contribution < 1.29 is 0 Å². The molecule has 0 atom stereocenters. The summed E-state index contributed by atoms with van der Waals surface area (Å²) in [7, 11) is 0. The molecule has 0 N–H and O–H groups in total. The molecule has 6 heteroatoms. The van der Waals surface area contributed by atoms with Crippen LogP contribution >= 0.6 is 0 Å². The van der Waals surface area contributed by atoms with Crippen molar-refractivity contribution in [1.82, 2.24) is 29.1 Å². The van der Waals surface area contributed by atoms with Gasteiger partial charge in [-0.05, 0) is 83.5 Å². The van der Waals surface area contributed by atoms with E-state index in [2.05, 4.69) is 215 Å². The second-order valence-electron chi connectivity index (χ2n) is 18.5. The summed E-state index contributed by atoms with van der Waals surface area (Å²) in [5.41, 5.74) is 16.5. The summed E-state index contributed by atoms with van der Waals surface area (Å²) in [6, 6.07) is 81.8. The molecule has 0 unspecified atom stereocenters. The van der Waals surface area contributed by atoms with E-state index in [0.29, 0.717) is 17.5 Å². The smallest absolute Gasteiger partial charge is 0.164 e. The van der Waals surface area contributed by atoms with Gasteiger partial charge in [0.15, 0.2) is 17.5 Å². The second-order valence-corrected chi connectivity index (χ2v) is 18.5. The van der Waals surface area contributed by atoms with Gasteiger partial charge in [-0.2, -0.15) is 0 Å². The van der Waals surface area contributed by atoms with E-state index in [1.807, 2.05) is 36.4 Å². The van der Waals surface area contributed by atoms with Crippen LogP contribution in [0.4, 0.5) is 0 Å². The topological polar surface area (TPSA) is 61.4 Å². The maximum absolute atomic E-state index is 5.21. The van der Waals surface area contributed by atoms with Gasteiger partial charge in [0.25, 0.3) is 0 Å². The largest absolute Gasteiger partial charge is 0.313 e. The Kier molecular flexibility index (Phi) is 9.88. The van der Waals surface area contributed by atoms with Gasteiger partial charge in [-0.25, -0.2) is 19.9 Å². The zero-order valence-corrected chi connectivity index (χ0v) is 39.2. The molecular formula is C66H44N6. The van der Waals surface area contributed by atoms with E-state index in [4.69, 9.17) is 19.9 Å². The summed E-state index contributed by atoms with van der Waals surface area (Å²) in [6.07, 6.45) is 6.10. The van der Waals surface area contributed by atoms with Crippen LogP contribution < -0.4 is 0 Å². The highest BCUT2D eigenvalue weighted by atomic mass is 15.0. The number of para-hydroxylation sites is 2. The molecule has 0 fully saturated rings. The van der Waals surface area contributed by atoms with Gasteiger partial charge in [0.05, 0.1) is 39.1 Å². The Bertz CT molecular complexity index is 4190. The minimum Gasteiger partial charge on any atom is -0.313 e. The van der Waals surface area contributed by atoms with Crippen molar-refractivity contribution in [2.45, 2.75) is 12.8 Å². The molecule has 0 bridgehead atoms. The molecular weight excluding hydrogens is 877 g/mol. The van der Waals surface area contributed by atoms with Crippen LogP contribution in [0.25, 0.3) is 128 Å². The molecule has 0 aliphatic heterocycles. The molecule has 0 saturated heterocycles. The van der Waals surface area contributed by atoms with Gasteiger partial charge in [-0.3, -0.25) is 0 Å². The molecule has 9 aromatic carbocycles. The lowest BCUT2D eigenvalue weighted by Crippen LogP contribution is -2.06. The number of hydrogen-bond donors (Lipinski definition) is 0. The van der Waals surface area contributed by atoms with Crippen LogP contribution in [0.5, 0.6) is 0 Å². The van der Waals surface area contributed by atoms with Gasteiger partial charge in [-0.1, -0.05) is 194 Å². The van der Waals surface area contributed by atoms with Crippen molar-refractivity contribution >= 4 is 65.7 Å². The molecule has 14 rings (SSSR count). The lowest BCUT2D eigenvalue weighted by atomic mass is 9.94. The molecule has 0 amide bonds. The molecule has 4 heterocycles. The fraction of sp³-hybridized carbons (Fsp3) is 0.0303. The van der Waals surface area contributed by atoms with Crippen molar-refractivity contribution in [3.8, 4) is 62.1 Å². The van der Waals surface area contributed by atoms with E-state index in [1.54, 1.807) is 0 Å². The predicted molar refractivity (Wildman–Crippen MR) is 298 cm³/mol. The highest BCUT2D eigenvalue weighted by Crippen LogP contribution is 2.45. The molecule has 338 valence electrons. The SMILES string of the molecule is C1=C(c2nc(-c3ccccc3)nc(-c3ccccc3)n2)CCC(n2c3ccccc3c3c4c5ccccc5n(-c5ccc(-c6cc(-c7ccccc7)nc(-c7ccccc7)c6)c6ccccc56)c4ccc32)=C1. The van der Waals surface area contributed by atoms with Gasteiger partial charge in [0.1, 0.15) is 0 Å². The van der Waals surface area contributed by atoms with Crippen molar-refractivity contribution in [2.24, 2.45) is 0 Å². The second kappa shape index (κ2) is 17.2. The van der Waals surface area contributed by atoms with Crippen LogP contribution in [-0.4, -0.2) is 29.1 Å². The average Bonchev–Trinajstić information content (AvgIpc) is 3.98. The van der Waals surface area contributed by atoms with Gasteiger partial charge in [0, 0.05) is 54.9 Å². The number of allylic oxidation sites excluding steroid dienone is 4. The van der Waals surface area contributed by atoms with Crippen molar-refractivity contribution in [2.75, 3.05) is 0 Å². The third kappa shape index (κ3) is 6.95. The first-order chi connectivity index (χ1) is 35.7. The van der Waals surface area contributed by atoms with Crippen molar-refractivity contribution in [3.05, 3.63) is 248 Å². The molecule has 13 aromatic rings. The Morgan fingerprint density at radius 1 is 0.306 bits per heavy atom. The Labute approximate surface area is 416 Å². The lowest BCUT2D eigenvalue weighted by molar-refractivity contribution is 0.954. The van der Waals surface area contributed by atoms with Crippen LogP contribution in [-0.2, 0) is 0 Å². The molecule has 0 spiro atoms. The van der Waals surface area contributed by atoms with Crippen LogP contribution in [0, 0.1) is 0 Å². The fourth-order valence-corrected chi connectivity index (χ4v) is 11.0. The maximum Gasteiger partial charge on any atom is 0.164 e. The van der Waals surface area contributed by atoms with Gasteiger partial charge >= 0.3 is 0 Å². The summed E-state index contributed by atoms with van der Waals surface area (Å²) >= 11 is 0. The first-order valence-electron chi connectivity index (χ1n) is 24.6. The Hall–Kier alpha value is -9.52. The van der Waals surface area contributed by atoms with Crippen molar-refractivity contribution in [1.29, 1.82) is 0 Å². The van der Waals surface area contributed by atoms with E-state index >= 15 is 0 Å². The first kappa shape index (κ1) is 41.5. The maximum atomic E-state index is 5.21. The van der Waals surface area contributed by atoms with Crippen LogP contribution in [0.3, 0.4) is 0 Å². The van der Waals surface area contributed by atoms with E-state index in [-0.39, 0.29) is 0 Å².